The van der Waals surface area contributed by atoms with Crippen LogP contribution in [0, 0.1) is 18.8 Å². The van der Waals surface area contributed by atoms with E-state index in [1.165, 1.54) is 16.0 Å². The molecule has 2 aliphatic rings. The molecular weight excluding hydrogens is 626 g/mol. The van der Waals surface area contributed by atoms with Crippen molar-refractivity contribution in [3.8, 4) is 11.1 Å². The molecule has 4 aromatic rings. The summed E-state index contributed by atoms with van der Waals surface area (Å²) < 4.78 is 6.20. The first-order chi connectivity index (χ1) is 23.3. The zero-order chi connectivity index (χ0) is 33.6. The quantitative estimate of drug-likeness (QED) is 0.164. The summed E-state index contributed by atoms with van der Waals surface area (Å²) in [7, 11) is 0. The summed E-state index contributed by atoms with van der Waals surface area (Å²) in [5.74, 6) is 0.198. The van der Waals surface area contributed by atoms with Gasteiger partial charge in [-0.05, 0) is 84.5 Å². The fraction of sp³-hybridized carbons (Fsp3) is 0.351. The number of hydrogen-bond acceptors (Lipinski definition) is 8. The van der Waals surface area contributed by atoms with Crippen LogP contribution in [0.1, 0.15) is 41.0 Å². The summed E-state index contributed by atoms with van der Waals surface area (Å²) >= 11 is 6.19. The van der Waals surface area contributed by atoms with E-state index < -0.39 is 0 Å². The second-order valence-electron chi connectivity index (χ2n) is 12.8. The minimum absolute atomic E-state index is 0.00161. The van der Waals surface area contributed by atoms with Crippen molar-refractivity contribution in [2.45, 2.75) is 32.1 Å². The van der Waals surface area contributed by atoms with Crippen LogP contribution in [0.2, 0.25) is 5.15 Å². The predicted octanol–water partition coefficient (Wildman–Crippen LogP) is 5.68. The molecule has 48 heavy (non-hydrogen) atoms. The normalized spacial score (nSPS) is 15.0. The number of nitrogens with zero attached hydrogens (tertiary/aromatic N) is 4. The highest BCUT2D eigenvalue weighted by atomic mass is 35.5. The number of hydrogen-bond donors (Lipinski definition) is 3. The number of aromatic nitrogens is 2. The number of carbonyl (C=O) groups is 2. The lowest BCUT2D eigenvalue weighted by molar-refractivity contribution is -0.107. The number of halogens is 1. The molecule has 2 amide bonds. The molecule has 250 valence electrons. The highest BCUT2D eigenvalue weighted by molar-refractivity contribution is 6.31. The van der Waals surface area contributed by atoms with Crippen LogP contribution in [0.15, 0.2) is 72.8 Å². The van der Waals surface area contributed by atoms with Gasteiger partial charge in [-0.2, -0.15) is 0 Å². The number of ether oxygens (including phenoxy) is 1. The second-order valence-corrected chi connectivity index (χ2v) is 13.1. The fourth-order valence-electron chi connectivity index (χ4n) is 7.04. The molecule has 0 unspecified atom stereocenters. The molecule has 10 nitrogen and oxygen atoms in total. The molecule has 1 saturated heterocycles. The van der Waals surface area contributed by atoms with Gasteiger partial charge in [0.1, 0.15) is 6.61 Å². The van der Waals surface area contributed by atoms with Gasteiger partial charge in [-0.15, -0.1) is 0 Å². The third-order valence-electron chi connectivity index (χ3n) is 9.52. The molecule has 2 heterocycles. The lowest BCUT2D eigenvalue weighted by Crippen LogP contribution is -2.45. The van der Waals surface area contributed by atoms with Crippen molar-refractivity contribution in [2.75, 3.05) is 55.7 Å². The Bertz CT molecular complexity index is 1720. The minimum atomic E-state index is -0.363. The number of amides is 2. The van der Waals surface area contributed by atoms with E-state index in [2.05, 4.69) is 58.6 Å². The molecule has 0 spiro atoms. The Morgan fingerprint density at radius 2 is 1.60 bits per heavy atom. The van der Waals surface area contributed by atoms with Crippen molar-refractivity contribution >= 4 is 41.6 Å². The van der Waals surface area contributed by atoms with Crippen LogP contribution in [0.5, 0.6) is 0 Å². The van der Waals surface area contributed by atoms with Crippen molar-refractivity contribution in [2.24, 2.45) is 11.8 Å². The van der Waals surface area contributed by atoms with Crippen molar-refractivity contribution in [3.05, 3.63) is 100 Å². The van der Waals surface area contributed by atoms with Gasteiger partial charge < -0.3 is 26.4 Å². The molecule has 11 heteroatoms. The van der Waals surface area contributed by atoms with Crippen molar-refractivity contribution in [1.82, 2.24) is 20.2 Å². The maximum Gasteiger partial charge on any atom is 0.409 e. The van der Waals surface area contributed by atoms with E-state index in [4.69, 9.17) is 27.8 Å². The summed E-state index contributed by atoms with van der Waals surface area (Å²) in [6, 6.07) is 24.8. The van der Waals surface area contributed by atoms with Crippen LogP contribution in [0.25, 0.3) is 11.1 Å². The zero-order valence-corrected chi connectivity index (χ0v) is 27.9. The smallest absolute Gasteiger partial charge is 0.409 e. The lowest BCUT2D eigenvalue weighted by Gasteiger charge is -2.34. The maximum absolute atomic E-state index is 14.1. The number of nitrogens with two attached hydrogens (primary N) is 2. The lowest BCUT2D eigenvalue weighted by atomic mass is 9.93. The molecule has 6 rings (SSSR count). The van der Waals surface area contributed by atoms with E-state index in [0.717, 1.165) is 48.2 Å². The summed E-state index contributed by atoms with van der Waals surface area (Å²) in [5, 5.41) is 3.38. The summed E-state index contributed by atoms with van der Waals surface area (Å²) in [6.45, 7) is 5.24. The molecule has 5 N–H and O–H groups in total. The monoisotopic (exact) mass is 667 g/mol. The Balaban J connectivity index is 1.27. The summed E-state index contributed by atoms with van der Waals surface area (Å²) in [4.78, 5) is 38.2. The van der Waals surface area contributed by atoms with Crippen molar-refractivity contribution in [1.29, 1.82) is 0 Å². The SMILES string of the molecule is Cc1ccccc1C[C@H](CN(CC1CCNCC1)C(=O)OCC1c2ccccc2-c2ccccc21)CN(C=O)c1nc(Cl)c(N)nc1N. The van der Waals surface area contributed by atoms with E-state index in [1.807, 2.05) is 41.3 Å². The molecule has 1 atom stereocenters. The van der Waals surface area contributed by atoms with Gasteiger partial charge in [-0.25, -0.2) is 14.8 Å². The van der Waals surface area contributed by atoms with Crippen LogP contribution in [0.3, 0.4) is 0 Å². The molecule has 0 bridgehead atoms. The first-order valence-electron chi connectivity index (χ1n) is 16.5. The molecular formula is C37H42ClN7O3. The molecule has 1 aromatic heterocycles. The predicted molar refractivity (Wildman–Crippen MR) is 190 cm³/mol. The second kappa shape index (κ2) is 15.0. The number of aryl methyl sites for hydroxylation is 1. The average molecular weight is 668 g/mol. The van der Waals surface area contributed by atoms with Gasteiger partial charge in [0, 0.05) is 25.6 Å². The van der Waals surface area contributed by atoms with E-state index in [1.54, 1.807) is 0 Å². The maximum atomic E-state index is 14.1. The Labute approximate surface area is 286 Å². The van der Waals surface area contributed by atoms with E-state index >= 15 is 0 Å². The number of nitrogens with one attached hydrogen (secondary N) is 1. The molecule has 1 aliphatic heterocycles. The van der Waals surface area contributed by atoms with E-state index in [9.17, 15) is 9.59 Å². The first-order valence-corrected chi connectivity index (χ1v) is 16.9. The van der Waals surface area contributed by atoms with Gasteiger partial charge in [-0.1, -0.05) is 84.4 Å². The van der Waals surface area contributed by atoms with Gasteiger partial charge >= 0.3 is 6.09 Å². The Hall–Kier alpha value is -4.67. The highest BCUT2D eigenvalue weighted by Crippen LogP contribution is 2.44. The fourth-order valence-corrected chi connectivity index (χ4v) is 7.16. The van der Waals surface area contributed by atoms with Gasteiger partial charge in [0.25, 0.3) is 0 Å². The Kier molecular flexibility index (Phi) is 10.4. The van der Waals surface area contributed by atoms with Gasteiger partial charge in [-0.3, -0.25) is 9.69 Å². The third kappa shape index (κ3) is 7.40. The van der Waals surface area contributed by atoms with Crippen LogP contribution < -0.4 is 21.7 Å². The van der Waals surface area contributed by atoms with Crippen molar-refractivity contribution in [3.63, 3.8) is 0 Å². The number of anilines is 3. The Morgan fingerprint density at radius 3 is 2.27 bits per heavy atom. The third-order valence-corrected chi connectivity index (χ3v) is 9.80. The number of fused-ring (bicyclic) bond motifs is 3. The summed E-state index contributed by atoms with van der Waals surface area (Å²) in [6.07, 6.45) is 2.84. The van der Waals surface area contributed by atoms with Crippen molar-refractivity contribution < 1.29 is 14.3 Å². The summed E-state index contributed by atoms with van der Waals surface area (Å²) in [5.41, 5.74) is 18.9. The van der Waals surface area contributed by atoms with Gasteiger partial charge in [0.2, 0.25) is 6.41 Å². The molecule has 1 fully saturated rings. The van der Waals surface area contributed by atoms with Crippen LogP contribution in [-0.2, 0) is 16.0 Å². The standard InChI is InChI=1S/C37H42ClN7O3/c1-24-8-2-3-9-27(24)18-26(21-45(23-46)36-35(40)43-34(39)33(38)42-36)20-44(19-25-14-16-41-17-15-25)37(47)48-22-32-30-12-6-4-10-28(30)29-11-5-7-13-31(29)32/h2-13,23,25-26,32,41H,14-22H2,1H3,(H4,39,40,43)/t26-/m1/s1. The van der Waals surface area contributed by atoms with Gasteiger partial charge in [0.15, 0.2) is 22.6 Å². The molecule has 0 saturated carbocycles. The molecule has 0 radical (unpaired) electrons. The van der Waals surface area contributed by atoms with Crippen LogP contribution in [-0.4, -0.2) is 66.7 Å². The average Bonchev–Trinajstić information content (AvgIpc) is 3.42. The van der Waals surface area contributed by atoms with Crippen LogP contribution in [0.4, 0.5) is 22.2 Å². The number of rotatable bonds is 12. The zero-order valence-electron chi connectivity index (χ0n) is 27.1. The van der Waals surface area contributed by atoms with Gasteiger partial charge in [0.05, 0.1) is 0 Å². The van der Waals surface area contributed by atoms with E-state index in [0.29, 0.717) is 31.8 Å². The molecule has 1 aliphatic carbocycles. The largest absolute Gasteiger partial charge is 0.448 e. The van der Waals surface area contributed by atoms with E-state index in [-0.39, 0.29) is 53.7 Å². The highest BCUT2D eigenvalue weighted by Gasteiger charge is 2.32. The Morgan fingerprint density at radius 1 is 0.958 bits per heavy atom. The molecule has 3 aromatic carbocycles. The number of carbonyl (C=O) groups excluding carboxylic acids is 2. The minimum Gasteiger partial charge on any atom is -0.448 e. The number of benzene rings is 3. The number of piperidine rings is 1. The number of nitrogen functional groups attached to an aromatic ring is 2. The first kappa shape index (κ1) is 33.2. The topological polar surface area (TPSA) is 140 Å². The van der Waals surface area contributed by atoms with Crippen LogP contribution >= 0.6 is 11.6 Å².